The number of carbonyl (C=O) groups excluding carboxylic acids is 1. The average molecular weight is 289 g/mol. The van der Waals surface area contributed by atoms with Crippen molar-refractivity contribution in [3.63, 3.8) is 0 Å². The van der Waals surface area contributed by atoms with Crippen LogP contribution in [-0.4, -0.2) is 27.0 Å². The molecular weight excluding hydrogens is 268 g/mol. The lowest BCUT2D eigenvalue weighted by atomic mass is 10.2. The third kappa shape index (κ3) is 1.87. The molecule has 0 radical (unpaired) electrons. The average Bonchev–Trinajstić information content (AvgIpc) is 3.40. The number of nitrogens with zero attached hydrogens (tertiary/aromatic N) is 3. The second-order valence-electron chi connectivity index (χ2n) is 4.76. The number of hydrogen-bond acceptors (Lipinski definition) is 5. The second kappa shape index (κ2) is 4.53. The standard InChI is InChI=1S/C15H14N4O2/c20-8-9-5-7-17-14-12(9)18-15(21)11-2-1-6-16-13(11)19(14)10-3-4-10/h1-2,5-7,10,20H,3-4,8H2,(H,18,21)/i1D,2D,5D,6D,7D,8D2. The molecule has 6 heteroatoms. The molecule has 2 aromatic rings. The van der Waals surface area contributed by atoms with Gasteiger partial charge in [-0.05, 0) is 31.0 Å². The Morgan fingerprint density at radius 3 is 2.95 bits per heavy atom. The van der Waals surface area contributed by atoms with Crippen molar-refractivity contribution in [1.82, 2.24) is 9.97 Å². The lowest BCUT2D eigenvalue weighted by molar-refractivity contribution is 0.102. The third-order valence-electron chi connectivity index (χ3n) is 3.39. The molecule has 0 aromatic carbocycles. The Labute approximate surface area is 131 Å². The Balaban J connectivity index is 2.10. The van der Waals surface area contributed by atoms with Crippen LogP contribution in [-0.2, 0) is 6.56 Å². The van der Waals surface area contributed by atoms with Gasteiger partial charge in [0.2, 0.25) is 0 Å². The molecule has 2 aliphatic rings. The van der Waals surface area contributed by atoms with E-state index in [0.717, 1.165) is 0 Å². The highest BCUT2D eigenvalue weighted by Crippen LogP contribution is 2.43. The van der Waals surface area contributed by atoms with E-state index >= 15 is 0 Å². The van der Waals surface area contributed by atoms with Gasteiger partial charge in [0.15, 0.2) is 5.82 Å². The summed E-state index contributed by atoms with van der Waals surface area (Å²) in [5, 5.41) is 12.3. The van der Waals surface area contributed by atoms with Gasteiger partial charge in [-0.3, -0.25) is 4.79 Å². The predicted octanol–water partition coefficient (Wildman–Crippen LogP) is 1.84. The summed E-state index contributed by atoms with van der Waals surface area (Å²) in [6.45, 7) is -3.04. The summed E-state index contributed by atoms with van der Waals surface area (Å²) < 4.78 is 54.9. The highest BCUT2D eigenvalue weighted by Gasteiger charge is 2.38. The summed E-state index contributed by atoms with van der Waals surface area (Å²) in [5.41, 5.74) is -1.20. The smallest absolute Gasteiger partial charge is 0.259 e. The largest absolute Gasteiger partial charge is 0.392 e. The quantitative estimate of drug-likeness (QED) is 0.882. The maximum absolute atomic E-state index is 12.8. The molecule has 3 heterocycles. The first-order valence-corrected chi connectivity index (χ1v) is 6.34. The van der Waals surface area contributed by atoms with E-state index in [4.69, 9.17) is 9.60 Å². The van der Waals surface area contributed by atoms with Crippen molar-refractivity contribution in [2.75, 3.05) is 10.2 Å². The van der Waals surface area contributed by atoms with Crippen LogP contribution in [0.1, 0.15) is 38.4 Å². The molecule has 0 atom stereocenters. The van der Waals surface area contributed by atoms with Gasteiger partial charge in [-0.25, -0.2) is 9.97 Å². The highest BCUT2D eigenvalue weighted by molar-refractivity contribution is 6.11. The molecule has 1 aliphatic heterocycles. The van der Waals surface area contributed by atoms with E-state index < -0.39 is 48.5 Å². The number of aromatic nitrogens is 2. The Morgan fingerprint density at radius 2 is 2.19 bits per heavy atom. The molecular formula is C15H14N4O2. The summed E-state index contributed by atoms with van der Waals surface area (Å²) in [5.74, 6) is -1.07. The fourth-order valence-corrected chi connectivity index (χ4v) is 2.31. The van der Waals surface area contributed by atoms with E-state index in [1.54, 1.807) is 0 Å². The van der Waals surface area contributed by atoms with Crippen molar-refractivity contribution in [3.8, 4) is 0 Å². The summed E-state index contributed by atoms with van der Waals surface area (Å²) >= 11 is 0. The molecule has 0 spiro atoms. The summed E-state index contributed by atoms with van der Waals surface area (Å²) in [6, 6.07) is -1.97. The van der Waals surface area contributed by atoms with E-state index in [2.05, 4.69) is 15.3 Å². The van der Waals surface area contributed by atoms with Gasteiger partial charge in [-0.15, -0.1) is 0 Å². The molecule has 0 bridgehead atoms. The predicted molar refractivity (Wildman–Crippen MR) is 77.5 cm³/mol. The monoisotopic (exact) mass is 289 g/mol. The molecule has 2 N–H and O–H groups in total. The number of fused-ring (bicyclic) bond motifs is 2. The fraction of sp³-hybridized carbons (Fsp3) is 0.267. The van der Waals surface area contributed by atoms with Crippen molar-refractivity contribution in [3.05, 3.63) is 41.6 Å². The van der Waals surface area contributed by atoms with E-state index in [0.29, 0.717) is 12.8 Å². The van der Waals surface area contributed by atoms with Crippen LogP contribution in [0.2, 0.25) is 0 Å². The Kier molecular flexibility index (Phi) is 1.51. The number of carbonyl (C=O) groups is 1. The Bertz CT molecular complexity index is 1040. The van der Waals surface area contributed by atoms with Crippen molar-refractivity contribution < 1.29 is 19.5 Å². The van der Waals surface area contributed by atoms with Gasteiger partial charge in [-0.1, -0.05) is 0 Å². The second-order valence-corrected chi connectivity index (χ2v) is 4.76. The number of rotatable bonds is 2. The van der Waals surface area contributed by atoms with Gasteiger partial charge in [-0.2, -0.15) is 0 Å². The minimum absolute atomic E-state index is 0.0844. The maximum atomic E-state index is 12.8. The van der Waals surface area contributed by atoms with Crippen LogP contribution in [0.25, 0.3) is 0 Å². The zero-order valence-electron chi connectivity index (χ0n) is 17.7. The maximum Gasteiger partial charge on any atom is 0.259 e. The van der Waals surface area contributed by atoms with E-state index in [1.165, 1.54) is 4.90 Å². The van der Waals surface area contributed by atoms with Gasteiger partial charge in [0.25, 0.3) is 5.91 Å². The highest BCUT2D eigenvalue weighted by atomic mass is 16.3. The van der Waals surface area contributed by atoms with Crippen LogP contribution >= 0.6 is 0 Å². The van der Waals surface area contributed by atoms with Crippen LogP contribution in [0, 0.1) is 0 Å². The van der Waals surface area contributed by atoms with Crippen molar-refractivity contribution in [2.45, 2.75) is 25.4 Å². The molecule has 1 aliphatic carbocycles. The molecule has 106 valence electrons. The molecule has 2 aromatic heterocycles. The number of anilines is 3. The van der Waals surface area contributed by atoms with Gasteiger partial charge in [0.1, 0.15) is 5.82 Å². The molecule has 4 rings (SSSR count). The van der Waals surface area contributed by atoms with Crippen LogP contribution in [0.5, 0.6) is 0 Å². The first kappa shape index (κ1) is 7.00. The van der Waals surface area contributed by atoms with E-state index in [1.807, 2.05) is 0 Å². The molecule has 0 unspecified atom stereocenters. The number of nitrogens with one attached hydrogen (secondary N) is 1. The summed E-state index contributed by atoms with van der Waals surface area (Å²) in [6.07, 6.45) is 0.213. The molecule has 1 fully saturated rings. The van der Waals surface area contributed by atoms with E-state index in [-0.39, 0.29) is 28.9 Å². The van der Waals surface area contributed by atoms with Gasteiger partial charge >= 0.3 is 0 Å². The van der Waals surface area contributed by atoms with Crippen molar-refractivity contribution in [2.24, 2.45) is 0 Å². The summed E-state index contributed by atoms with van der Waals surface area (Å²) in [7, 11) is 0. The third-order valence-corrected chi connectivity index (χ3v) is 3.39. The normalized spacial score (nSPS) is 22.2. The van der Waals surface area contributed by atoms with E-state index in [9.17, 15) is 9.90 Å². The number of pyridine rings is 2. The van der Waals surface area contributed by atoms with Crippen LogP contribution in [0.15, 0.2) is 30.5 Å². The van der Waals surface area contributed by atoms with Crippen molar-refractivity contribution in [1.29, 1.82) is 0 Å². The minimum atomic E-state index is -3.04. The summed E-state index contributed by atoms with van der Waals surface area (Å²) in [4.78, 5) is 22.3. The Hall–Kier alpha value is -2.47. The van der Waals surface area contributed by atoms with Crippen LogP contribution in [0.3, 0.4) is 0 Å². The number of aliphatic hydroxyl groups is 1. The van der Waals surface area contributed by atoms with Gasteiger partial charge < -0.3 is 15.3 Å². The lowest BCUT2D eigenvalue weighted by Gasteiger charge is -2.23. The molecule has 0 saturated heterocycles. The topological polar surface area (TPSA) is 78.3 Å². The SMILES string of the molecule is [2H]c1nc2c(c([2H])c1[2H])C(=O)Nc1c(nc([2H])c([2H])c1C([2H])([2H])O)N2C1CC1. The Morgan fingerprint density at radius 1 is 1.38 bits per heavy atom. The first-order chi connectivity index (χ1) is 13.0. The molecule has 1 saturated carbocycles. The lowest BCUT2D eigenvalue weighted by Crippen LogP contribution is -2.22. The molecule has 21 heavy (non-hydrogen) atoms. The zero-order valence-corrected chi connectivity index (χ0v) is 10.7. The zero-order chi connectivity index (χ0) is 20.5. The number of amides is 1. The number of hydrogen-bond donors (Lipinski definition) is 2. The first-order valence-electron chi connectivity index (χ1n) is 9.84. The van der Waals surface area contributed by atoms with Crippen LogP contribution in [0.4, 0.5) is 17.3 Å². The van der Waals surface area contributed by atoms with Crippen LogP contribution < -0.4 is 10.2 Å². The fourth-order valence-electron chi connectivity index (χ4n) is 2.31. The van der Waals surface area contributed by atoms with Gasteiger partial charge in [0, 0.05) is 24.0 Å². The minimum Gasteiger partial charge on any atom is -0.392 e. The molecule has 1 amide bonds. The van der Waals surface area contributed by atoms with Gasteiger partial charge in [0.05, 0.1) is 27.4 Å². The van der Waals surface area contributed by atoms with Crippen molar-refractivity contribution >= 4 is 23.2 Å². The molecule has 6 nitrogen and oxygen atoms in total.